The highest BCUT2D eigenvalue weighted by atomic mass is 16.5. The molecule has 1 amide bonds. The first kappa shape index (κ1) is 16.9. The van der Waals surface area contributed by atoms with E-state index in [1.165, 1.54) is 4.57 Å². The quantitative estimate of drug-likeness (QED) is 0.792. The van der Waals surface area contributed by atoms with Crippen molar-refractivity contribution in [2.75, 3.05) is 5.32 Å². The molecule has 0 spiro atoms. The summed E-state index contributed by atoms with van der Waals surface area (Å²) in [5, 5.41) is 7.01. The van der Waals surface area contributed by atoms with Crippen LogP contribution in [0.15, 0.2) is 27.5 Å². The third kappa shape index (κ3) is 2.82. The molecule has 1 unspecified atom stereocenters. The van der Waals surface area contributed by atoms with Gasteiger partial charge in [0.2, 0.25) is 5.91 Å². The molecule has 0 saturated carbocycles. The number of hydrogen-bond acceptors (Lipinski definition) is 5. The van der Waals surface area contributed by atoms with Crippen molar-refractivity contribution in [2.24, 2.45) is 0 Å². The highest BCUT2D eigenvalue weighted by Gasteiger charge is 2.23. The number of hydrogen-bond donors (Lipinski definition) is 1. The Bertz CT molecular complexity index is 1010. The highest BCUT2D eigenvalue weighted by Crippen LogP contribution is 2.21. The van der Waals surface area contributed by atoms with Crippen LogP contribution < -0.4 is 10.9 Å². The van der Waals surface area contributed by atoms with E-state index in [-0.39, 0.29) is 17.2 Å². The van der Waals surface area contributed by atoms with Gasteiger partial charge in [-0.15, -0.1) is 0 Å². The topological polar surface area (TPSA) is 90.0 Å². The zero-order valence-corrected chi connectivity index (χ0v) is 14.9. The number of para-hydroxylation sites is 1. The van der Waals surface area contributed by atoms with Crippen molar-refractivity contribution >= 4 is 22.7 Å². The largest absolute Gasteiger partial charge is 0.335 e. The van der Waals surface area contributed by atoms with E-state index < -0.39 is 6.04 Å². The van der Waals surface area contributed by atoms with Crippen LogP contribution in [0.2, 0.25) is 0 Å². The summed E-state index contributed by atoms with van der Waals surface area (Å²) in [6, 6.07) is 5.07. The Morgan fingerprint density at radius 3 is 2.48 bits per heavy atom. The fraction of sp³-hybridized carbons (Fsp3) is 0.333. The number of rotatable bonds is 3. The molecule has 0 aliphatic rings. The molecule has 1 N–H and O–H groups in total. The van der Waals surface area contributed by atoms with Crippen LogP contribution in [0, 0.1) is 27.7 Å². The molecule has 0 fully saturated rings. The van der Waals surface area contributed by atoms with E-state index in [2.05, 4.69) is 15.5 Å². The molecule has 0 saturated heterocycles. The lowest BCUT2D eigenvalue weighted by Gasteiger charge is -2.19. The van der Waals surface area contributed by atoms with E-state index in [1.54, 1.807) is 20.8 Å². The van der Waals surface area contributed by atoms with Crippen molar-refractivity contribution in [1.29, 1.82) is 0 Å². The van der Waals surface area contributed by atoms with Gasteiger partial charge < -0.3 is 9.84 Å². The number of benzene rings is 1. The van der Waals surface area contributed by atoms with E-state index in [0.29, 0.717) is 16.9 Å². The smallest absolute Gasteiger partial charge is 0.267 e. The summed E-state index contributed by atoms with van der Waals surface area (Å²) in [5.74, 6) is 0.121. The van der Waals surface area contributed by atoms with Gasteiger partial charge in [-0.25, -0.2) is 0 Å². The Balaban J connectivity index is 2.02. The molecule has 1 aromatic carbocycles. The first-order valence-corrected chi connectivity index (χ1v) is 8.03. The van der Waals surface area contributed by atoms with Gasteiger partial charge in [0, 0.05) is 5.69 Å². The summed E-state index contributed by atoms with van der Waals surface area (Å²) in [4.78, 5) is 29.8. The molecular formula is C18H20N4O3. The first-order valence-electron chi connectivity index (χ1n) is 8.03. The summed E-state index contributed by atoms with van der Waals surface area (Å²) < 4.78 is 6.43. The zero-order chi connectivity index (χ0) is 18.3. The third-order valence-electron chi connectivity index (χ3n) is 4.39. The summed E-state index contributed by atoms with van der Waals surface area (Å²) in [6.45, 7) is 8.88. The second-order valence-electron chi connectivity index (χ2n) is 6.21. The standard InChI is InChI=1S/C18H20N4O3/c1-9-7-6-8-10(2)15(9)20-16(23)12(4)22-13(5)19-17-14(18(22)24)11(3)21-25-17/h6-8,12H,1-5H3,(H,20,23). The molecule has 7 heteroatoms. The Hall–Kier alpha value is -2.96. The maximum absolute atomic E-state index is 12.8. The van der Waals surface area contributed by atoms with Crippen LogP contribution in [0.3, 0.4) is 0 Å². The number of nitrogens with one attached hydrogen (secondary N) is 1. The molecule has 0 bridgehead atoms. The minimum Gasteiger partial charge on any atom is -0.335 e. The number of aromatic nitrogens is 3. The van der Waals surface area contributed by atoms with E-state index in [4.69, 9.17) is 4.52 Å². The molecule has 7 nitrogen and oxygen atoms in total. The third-order valence-corrected chi connectivity index (χ3v) is 4.39. The summed E-state index contributed by atoms with van der Waals surface area (Å²) in [7, 11) is 0. The van der Waals surface area contributed by atoms with Crippen LogP contribution in [-0.2, 0) is 4.79 Å². The summed E-state index contributed by atoms with van der Waals surface area (Å²) in [5.41, 5.74) is 3.02. The van der Waals surface area contributed by atoms with Crippen LogP contribution in [-0.4, -0.2) is 20.6 Å². The summed E-state index contributed by atoms with van der Waals surface area (Å²) >= 11 is 0. The maximum atomic E-state index is 12.8. The van der Waals surface area contributed by atoms with Crippen molar-refractivity contribution in [3.8, 4) is 0 Å². The molecule has 3 aromatic rings. The predicted molar refractivity (Wildman–Crippen MR) is 94.8 cm³/mol. The number of aryl methyl sites for hydroxylation is 4. The minimum absolute atomic E-state index is 0.193. The van der Waals surface area contributed by atoms with Gasteiger partial charge in [-0.05, 0) is 45.7 Å². The van der Waals surface area contributed by atoms with Gasteiger partial charge in [-0.2, -0.15) is 4.98 Å². The molecule has 2 aromatic heterocycles. The average molecular weight is 340 g/mol. The second-order valence-corrected chi connectivity index (χ2v) is 6.21. The molecule has 0 aliphatic carbocycles. The van der Waals surface area contributed by atoms with Crippen LogP contribution in [0.5, 0.6) is 0 Å². The lowest BCUT2D eigenvalue weighted by atomic mass is 10.1. The Labute approximate surface area is 144 Å². The lowest BCUT2D eigenvalue weighted by molar-refractivity contribution is -0.118. The van der Waals surface area contributed by atoms with Crippen molar-refractivity contribution in [3.05, 3.63) is 51.2 Å². The van der Waals surface area contributed by atoms with E-state index in [9.17, 15) is 9.59 Å². The number of anilines is 1. The van der Waals surface area contributed by atoms with E-state index in [1.807, 2.05) is 32.0 Å². The Kier molecular flexibility index (Phi) is 4.16. The SMILES string of the molecule is Cc1cccc(C)c1NC(=O)C(C)n1c(C)nc2onc(C)c2c1=O. The minimum atomic E-state index is -0.724. The van der Waals surface area contributed by atoms with Crippen molar-refractivity contribution < 1.29 is 9.32 Å². The normalized spacial score (nSPS) is 12.4. The number of carbonyl (C=O) groups is 1. The van der Waals surface area contributed by atoms with E-state index in [0.717, 1.165) is 16.8 Å². The molecule has 1 atom stereocenters. The fourth-order valence-corrected chi connectivity index (χ4v) is 2.96. The van der Waals surface area contributed by atoms with Crippen LogP contribution in [0.1, 0.15) is 35.6 Å². The number of carbonyl (C=O) groups excluding carboxylic acids is 1. The van der Waals surface area contributed by atoms with Gasteiger partial charge in [0.15, 0.2) is 0 Å². The number of fused-ring (bicyclic) bond motifs is 1. The second kappa shape index (κ2) is 6.16. The Morgan fingerprint density at radius 1 is 1.20 bits per heavy atom. The van der Waals surface area contributed by atoms with Gasteiger partial charge in [-0.1, -0.05) is 23.4 Å². The molecule has 0 aliphatic heterocycles. The first-order chi connectivity index (χ1) is 11.8. The van der Waals surface area contributed by atoms with Crippen molar-refractivity contribution in [1.82, 2.24) is 14.7 Å². The molecule has 130 valence electrons. The average Bonchev–Trinajstić information content (AvgIpc) is 2.91. The molecule has 3 rings (SSSR count). The maximum Gasteiger partial charge on any atom is 0.267 e. The Morgan fingerprint density at radius 2 is 1.84 bits per heavy atom. The number of nitrogens with zero attached hydrogens (tertiary/aromatic N) is 3. The molecule has 2 heterocycles. The van der Waals surface area contributed by atoms with Crippen molar-refractivity contribution in [3.63, 3.8) is 0 Å². The van der Waals surface area contributed by atoms with Crippen molar-refractivity contribution in [2.45, 2.75) is 40.7 Å². The predicted octanol–water partition coefficient (Wildman–Crippen LogP) is 2.82. The summed E-state index contributed by atoms with van der Waals surface area (Å²) in [6.07, 6.45) is 0. The molecular weight excluding hydrogens is 320 g/mol. The monoisotopic (exact) mass is 340 g/mol. The van der Waals surface area contributed by atoms with Crippen LogP contribution >= 0.6 is 0 Å². The lowest BCUT2D eigenvalue weighted by Crippen LogP contribution is -2.34. The van der Waals surface area contributed by atoms with Gasteiger partial charge in [0.05, 0.1) is 5.69 Å². The number of amides is 1. The zero-order valence-electron chi connectivity index (χ0n) is 14.9. The fourth-order valence-electron chi connectivity index (χ4n) is 2.96. The van der Waals surface area contributed by atoms with E-state index >= 15 is 0 Å². The molecule has 0 radical (unpaired) electrons. The van der Waals surface area contributed by atoms with Crippen LogP contribution in [0.4, 0.5) is 5.69 Å². The van der Waals surface area contributed by atoms with Gasteiger partial charge in [0.25, 0.3) is 11.3 Å². The highest BCUT2D eigenvalue weighted by molar-refractivity contribution is 5.95. The van der Waals surface area contributed by atoms with Gasteiger partial charge >= 0.3 is 0 Å². The van der Waals surface area contributed by atoms with Gasteiger partial charge in [0.1, 0.15) is 17.3 Å². The van der Waals surface area contributed by atoms with Crippen LogP contribution in [0.25, 0.3) is 11.1 Å². The molecule has 25 heavy (non-hydrogen) atoms. The van der Waals surface area contributed by atoms with Gasteiger partial charge in [-0.3, -0.25) is 14.2 Å².